The molecule has 0 heterocycles. The van der Waals surface area contributed by atoms with Gasteiger partial charge in [0.25, 0.3) is 0 Å². The Balaban J connectivity index is 1.91. The van der Waals surface area contributed by atoms with Crippen LogP contribution in [0.15, 0.2) is 84.9 Å². The van der Waals surface area contributed by atoms with E-state index in [1.807, 2.05) is 106 Å². The number of hydrogen-bond acceptors (Lipinski definition) is 2. The summed E-state index contributed by atoms with van der Waals surface area (Å²) in [5.41, 5.74) is 4.32. The molecule has 172 valence electrons. The molecule has 0 spiro atoms. The maximum Gasteiger partial charge on any atom is 0.243 e. The maximum absolute atomic E-state index is 13.6. The van der Waals surface area contributed by atoms with Crippen molar-refractivity contribution in [2.75, 3.05) is 0 Å². The van der Waals surface area contributed by atoms with Gasteiger partial charge < -0.3 is 10.2 Å². The first-order valence-corrected chi connectivity index (χ1v) is 11.7. The summed E-state index contributed by atoms with van der Waals surface area (Å²) in [5.74, 6) is -0.127. The van der Waals surface area contributed by atoms with Gasteiger partial charge in [-0.3, -0.25) is 9.59 Å². The average molecular weight is 443 g/mol. The smallest absolute Gasteiger partial charge is 0.243 e. The van der Waals surface area contributed by atoms with Crippen LogP contribution in [0, 0.1) is 6.92 Å². The van der Waals surface area contributed by atoms with Crippen molar-refractivity contribution in [2.45, 2.75) is 58.7 Å². The molecule has 2 amide bonds. The Morgan fingerprint density at radius 1 is 0.818 bits per heavy atom. The van der Waals surface area contributed by atoms with E-state index in [0.29, 0.717) is 25.8 Å². The zero-order valence-electron chi connectivity index (χ0n) is 19.8. The van der Waals surface area contributed by atoms with Crippen molar-refractivity contribution in [1.29, 1.82) is 0 Å². The molecule has 3 rings (SSSR count). The van der Waals surface area contributed by atoms with Gasteiger partial charge in [0, 0.05) is 25.4 Å². The Kier molecular flexibility index (Phi) is 8.82. The van der Waals surface area contributed by atoms with Gasteiger partial charge in [0.1, 0.15) is 6.04 Å². The molecule has 0 aliphatic carbocycles. The van der Waals surface area contributed by atoms with E-state index in [1.54, 1.807) is 4.90 Å². The lowest BCUT2D eigenvalue weighted by molar-refractivity contribution is -0.141. The SMILES string of the molecule is Cc1ccccc1CN(C(=O)CCc1ccccc1)[C@@H](Cc1ccccc1)C(=O)NC(C)C. The van der Waals surface area contributed by atoms with Crippen molar-refractivity contribution in [3.05, 3.63) is 107 Å². The first-order valence-electron chi connectivity index (χ1n) is 11.7. The van der Waals surface area contributed by atoms with E-state index in [1.165, 1.54) is 0 Å². The van der Waals surface area contributed by atoms with E-state index in [4.69, 9.17) is 0 Å². The second-order valence-corrected chi connectivity index (χ2v) is 8.80. The summed E-state index contributed by atoms with van der Waals surface area (Å²) in [4.78, 5) is 28.7. The number of carbonyl (C=O) groups excluding carboxylic acids is 2. The van der Waals surface area contributed by atoms with E-state index < -0.39 is 6.04 Å². The van der Waals surface area contributed by atoms with Gasteiger partial charge in [0.05, 0.1) is 0 Å². The molecule has 4 heteroatoms. The molecule has 33 heavy (non-hydrogen) atoms. The van der Waals surface area contributed by atoms with Crippen molar-refractivity contribution in [3.8, 4) is 0 Å². The first kappa shape index (κ1) is 24.2. The largest absolute Gasteiger partial charge is 0.352 e. The molecule has 1 N–H and O–H groups in total. The molecular weight excluding hydrogens is 408 g/mol. The first-order chi connectivity index (χ1) is 15.9. The Morgan fingerprint density at radius 3 is 2.00 bits per heavy atom. The van der Waals surface area contributed by atoms with E-state index in [-0.39, 0.29) is 17.9 Å². The molecule has 0 aliphatic rings. The third-order valence-corrected chi connectivity index (χ3v) is 5.77. The van der Waals surface area contributed by atoms with Crippen LogP contribution >= 0.6 is 0 Å². The van der Waals surface area contributed by atoms with Crippen LogP contribution < -0.4 is 5.32 Å². The lowest BCUT2D eigenvalue weighted by atomic mass is 10.00. The third kappa shape index (κ3) is 7.31. The monoisotopic (exact) mass is 442 g/mol. The molecule has 4 nitrogen and oxygen atoms in total. The lowest BCUT2D eigenvalue weighted by Gasteiger charge is -2.32. The minimum Gasteiger partial charge on any atom is -0.352 e. The van der Waals surface area contributed by atoms with Gasteiger partial charge in [-0.1, -0.05) is 84.9 Å². The highest BCUT2D eigenvalue weighted by Gasteiger charge is 2.30. The van der Waals surface area contributed by atoms with Crippen LogP contribution in [0.2, 0.25) is 0 Å². The molecule has 0 saturated carbocycles. The van der Waals surface area contributed by atoms with Gasteiger partial charge in [-0.25, -0.2) is 0 Å². The van der Waals surface area contributed by atoms with E-state index in [2.05, 4.69) is 5.32 Å². The average Bonchev–Trinajstić information content (AvgIpc) is 2.81. The Bertz CT molecular complexity index is 1030. The van der Waals surface area contributed by atoms with Gasteiger partial charge in [-0.2, -0.15) is 0 Å². The number of amides is 2. The number of nitrogens with zero attached hydrogens (tertiary/aromatic N) is 1. The highest BCUT2D eigenvalue weighted by molar-refractivity contribution is 5.88. The molecule has 0 aromatic heterocycles. The number of hydrogen-bond donors (Lipinski definition) is 1. The Hall–Kier alpha value is -3.40. The van der Waals surface area contributed by atoms with Crippen LogP contribution in [-0.2, 0) is 29.0 Å². The van der Waals surface area contributed by atoms with Crippen molar-refractivity contribution in [1.82, 2.24) is 10.2 Å². The Labute approximate surface area is 197 Å². The topological polar surface area (TPSA) is 49.4 Å². The molecular formula is C29H34N2O2. The van der Waals surface area contributed by atoms with Crippen LogP contribution in [0.1, 0.15) is 42.5 Å². The van der Waals surface area contributed by atoms with Gasteiger partial charge in [-0.15, -0.1) is 0 Å². The van der Waals surface area contributed by atoms with E-state index >= 15 is 0 Å². The van der Waals surface area contributed by atoms with Crippen LogP contribution in [0.25, 0.3) is 0 Å². The summed E-state index contributed by atoms with van der Waals surface area (Å²) in [6.45, 7) is 6.34. The molecule has 0 fully saturated rings. The number of rotatable bonds is 10. The minimum atomic E-state index is -0.585. The van der Waals surface area contributed by atoms with Crippen LogP contribution in [0.4, 0.5) is 0 Å². The second-order valence-electron chi connectivity index (χ2n) is 8.80. The number of benzene rings is 3. The second kappa shape index (κ2) is 12.0. The highest BCUT2D eigenvalue weighted by atomic mass is 16.2. The minimum absolute atomic E-state index is 0.00416. The molecule has 0 saturated heterocycles. The summed E-state index contributed by atoms with van der Waals surface area (Å²) in [5, 5.41) is 3.04. The zero-order chi connectivity index (χ0) is 23.6. The van der Waals surface area contributed by atoms with Gasteiger partial charge in [-0.05, 0) is 49.4 Å². The molecule has 0 radical (unpaired) electrons. The fraction of sp³-hybridized carbons (Fsp3) is 0.310. The third-order valence-electron chi connectivity index (χ3n) is 5.77. The quantitative estimate of drug-likeness (QED) is 0.475. The molecule has 0 unspecified atom stereocenters. The van der Waals surface area contributed by atoms with E-state index in [9.17, 15) is 9.59 Å². The number of aryl methyl sites for hydroxylation is 2. The van der Waals surface area contributed by atoms with Gasteiger partial charge in [0.2, 0.25) is 11.8 Å². The zero-order valence-corrected chi connectivity index (χ0v) is 19.8. The maximum atomic E-state index is 13.6. The van der Waals surface area contributed by atoms with E-state index in [0.717, 1.165) is 22.3 Å². The predicted molar refractivity (Wildman–Crippen MR) is 134 cm³/mol. The van der Waals surface area contributed by atoms with Crippen molar-refractivity contribution < 1.29 is 9.59 Å². The number of carbonyl (C=O) groups is 2. The van der Waals surface area contributed by atoms with Crippen LogP contribution in [0.5, 0.6) is 0 Å². The fourth-order valence-electron chi connectivity index (χ4n) is 3.95. The summed E-state index contributed by atoms with van der Waals surface area (Å²) in [6, 6.07) is 27.4. The van der Waals surface area contributed by atoms with Crippen LogP contribution in [0.3, 0.4) is 0 Å². The summed E-state index contributed by atoms with van der Waals surface area (Å²) < 4.78 is 0. The molecule has 0 aliphatic heterocycles. The molecule has 0 bridgehead atoms. The molecule has 3 aromatic carbocycles. The predicted octanol–water partition coefficient (Wildman–Crippen LogP) is 5.09. The Morgan fingerprint density at radius 2 is 1.39 bits per heavy atom. The normalized spacial score (nSPS) is 11.8. The van der Waals surface area contributed by atoms with Gasteiger partial charge in [0.15, 0.2) is 0 Å². The lowest BCUT2D eigenvalue weighted by Crippen LogP contribution is -2.51. The summed E-state index contributed by atoms with van der Waals surface area (Å²) in [7, 11) is 0. The highest BCUT2D eigenvalue weighted by Crippen LogP contribution is 2.19. The number of nitrogens with one attached hydrogen (secondary N) is 1. The fourth-order valence-corrected chi connectivity index (χ4v) is 3.95. The standard InChI is InChI=1S/C29H34N2O2/c1-22(2)30-29(33)27(20-25-15-8-5-9-16-25)31(21-26-17-11-10-12-23(26)3)28(32)19-18-24-13-6-4-7-14-24/h4-17,22,27H,18-21H2,1-3H3,(H,30,33)/t27-/m0/s1. The molecule has 1 atom stereocenters. The molecule has 3 aromatic rings. The van der Waals surface area contributed by atoms with Gasteiger partial charge >= 0.3 is 0 Å². The van der Waals surface area contributed by atoms with Crippen molar-refractivity contribution in [3.63, 3.8) is 0 Å². The summed E-state index contributed by atoms with van der Waals surface area (Å²) in [6.07, 6.45) is 1.48. The van der Waals surface area contributed by atoms with Crippen molar-refractivity contribution >= 4 is 11.8 Å². The summed E-state index contributed by atoms with van der Waals surface area (Å²) >= 11 is 0. The van der Waals surface area contributed by atoms with Crippen molar-refractivity contribution in [2.24, 2.45) is 0 Å². The van der Waals surface area contributed by atoms with Crippen LogP contribution in [-0.4, -0.2) is 28.8 Å².